The zero-order chi connectivity index (χ0) is 12.2. The first kappa shape index (κ1) is 13.1. The molecule has 0 spiro atoms. The molecule has 0 aromatic carbocycles. The van der Waals surface area contributed by atoms with Gasteiger partial charge in [-0.25, -0.2) is 15.4 Å². The average molecular weight is 244 g/mol. The van der Waals surface area contributed by atoms with Crippen molar-refractivity contribution in [3.8, 4) is 0 Å². The molecule has 0 radical (unpaired) electrons. The van der Waals surface area contributed by atoms with Crippen molar-refractivity contribution in [2.24, 2.45) is 5.92 Å². The molecule has 6 heteroatoms. The molecule has 0 unspecified atom stereocenters. The van der Waals surface area contributed by atoms with Gasteiger partial charge >= 0.3 is 0 Å². The molecule has 2 N–H and O–H groups in total. The van der Waals surface area contributed by atoms with Crippen LogP contribution in [0.15, 0.2) is 6.33 Å². The Labute approximate surface area is 101 Å². The Balaban J connectivity index is 2.50. The summed E-state index contributed by atoms with van der Waals surface area (Å²) in [7, 11) is 0. The highest BCUT2D eigenvalue weighted by atomic mass is 35.5. The van der Waals surface area contributed by atoms with E-state index in [2.05, 4.69) is 53.5 Å². The molecule has 16 heavy (non-hydrogen) atoms. The van der Waals surface area contributed by atoms with E-state index in [9.17, 15) is 0 Å². The van der Waals surface area contributed by atoms with Gasteiger partial charge in [0, 0.05) is 5.54 Å². The van der Waals surface area contributed by atoms with Crippen molar-refractivity contribution in [1.82, 2.24) is 20.4 Å². The predicted octanol–water partition coefficient (Wildman–Crippen LogP) is 2.27. The van der Waals surface area contributed by atoms with Crippen molar-refractivity contribution < 1.29 is 0 Å². The lowest BCUT2D eigenvalue weighted by atomic mass is 9.94. The van der Waals surface area contributed by atoms with Gasteiger partial charge in [0.05, 0.1) is 0 Å². The number of anilines is 1. The summed E-state index contributed by atoms with van der Waals surface area (Å²) in [6.07, 6.45) is 2.41. The molecule has 0 aliphatic carbocycles. The van der Waals surface area contributed by atoms with E-state index in [1.807, 2.05) is 0 Å². The van der Waals surface area contributed by atoms with Crippen molar-refractivity contribution in [2.75, 3.05) is 5.43 Å². The summed E-state index contributed by atoms with van der Waals surface area (Å²) in [5.41, 5.74) is 6.07. The van der Waals surface area contributed by atoms with Crippen molar-refractivity contribution in [3.05, 3.63) is 11.6 Å². The average Bonchev–Trinajstić information content (AvgIpc) is 2.13. The summed E-state index contributed by atoms with van der Waals surface area (Å²) >= 11 is 5.65. The van der Waals surface area contributed by atoms with Crippen LogP contribution in [0.25, 0.3) is 0 Å². The molecule has 1 rings (SSSR count). The second-order valence-electron chi connectivity index (χ2n) is 4.81. The molecule has 0 amide bonds. The fourth-order valence-electron chi connectivity index (χ4n) is 1.63. The number of rotatable bonds is 5. The molecule has 1 heterocycles. The van der Waals surface area contributed by atoms with Gasteiger partial charge in [0.15, 0.2) is 0 Å². The maximum atomic E-state index is 5.65. The van der Waals surface area contributed by atoms with Crippen LogP contribution in [0.2, 0.25) is 5.28 Å². The van der Waals surface area contributed by atoms with E-state index in [1.54, 1.807) is 0 Å². The number of halogens is 1. The number of aromatic nitrogens is 3. The van der Waals surface area contributed by atoms with E-state index in [-0.39, 0.29) is 10.8 Å². The smallest absolute Gasteiger partial charge is 0.241 e. The van der Waals surface area contributed by atoms with Gasteiger partial charge in [-0.15, -0.1) is 0 Å². The van der Waals surface area contributed by atoms with Gasteiger partial charge < -0.3 is 0 Å². The number of nitrogens with zero attached hydrogens (tertiary/aromatic N) is 3. The molecule has 1 aromatic heterocycles. The lowest BCUT2D eigenvalue weighted by molar-refractivity contribution is 0.338. The monoisotopic (exact) mass is 243 g/mol. The van der Waals surface area contributed by atoms with Crippen LogP contribution in [-0.2, 0) is 0 Å². The SMILES string of the molecule is CC(C)CC(C)(C)NNc1ncnc(Cl)n1. The third-order valence-electron chi connectivity index (χ3n) is 1.97. The molecule has 0 atom stereocenters. The van der Waals surface area contributed by atoms with Gasteiger partial charge in [0.25, 0.3) is 0 Å². The quantitative estimate of drug-likeness (QED) is 0.777. The van der Waals surface area contributed by atoms with Gasteiger partial charge in [0.1, 0.15) is 6.33 Å². The summed E-state index contributed by atoms with van der Waals surface area (Å²) in [5.74, 6) is 1.04. The maximum absolute atomic E-state index is 5.65. The molecular formula is C10H18ClN5. The first-order valence-electron chi connectivity index (χ1n) is 5.27. The molecule has 5 nitrogen and oxygen atoms in total. The second-order valence-corrected chi connectivity index (χ2v) is 5.15. The molecule has 0 saturated carbocycles. The summed E-state index contributed by atoms with van der Waals surface area (Å²) in [6, 6.07) is 0. The van der Waals surface area contributed by atoms with Crippen LogP contribution in [-0.4, -0.2) is 20.5 Å². The lowest BCUT2D eigenvalue weighted by Gasteiger charge is -2.28. The molecule has 0 saturated heterocycles. The van der Waals surface area contributed by atoms with E-state index in [0.717, 1.165) is 6.42 Å². The standard InChI is InChI=1S/C10H18ClN5/c1-7(2)5-10(3,4)16-15-9-13-6-12-8(11)14-9/h6-7,16H,5H2,1-4H3,(H,12,13,14,15). The van der Waals surface area contributed by atoms with Crippen LogP contribution in [0.3, 0.4) is 0 Å². The second kappa shape index (κ2) is 5.41. The van der Waals surface area contributed by atoms with Crippen LogP contribution in [0.1, 0.15) is 34.1 Å². The Morgan fingerprint density at radius 1 is 1.38 bits per heavy atom. The van der Waals surface area contributed by atoms with E-state index in [0.29, 0.717) is 11.9 Å². The Hall–Kier alpha value is -0.940. The molecule has 90 valence electrons. The van der Waals surface area contributed by atoms with Crippen LogP contribution in [0.4, 0.5) is 5.95 Å². The van der Waals surface area contributed by atoms with Crippen LogP contribution >= 0.6 is 11.6 Å². The molecule has 0 fully saturated rings. The molecule has 0 bridgehead atoms. The van der Waals surface area contributed by atoms with E-state index in [1.165, 1.54) is 6.33 Å². The molecule has 1 aromatic rings. The summed E-state index contributed by atoms with van der Waals surface area (Å²) < 4.78 is 0. The largest absolute Gasteiger partial charge is 0.289 e. The summed E-state index contributed by atoms with van der Waals surface area (Å²) in [4.78, 5) is 11.6. The third kappa shape index (κ3) is 4.72. The number of hydrogen-bond donors (Lipinski definition) is 2. The van der Waals surface area contributed by atoms with Gasteiger partial charge in [-0.2, -0.15) is 4.98 Å². The highest BCUT2D eigenvalue weighted by Crippen LogP contribution is 2.15. The molecule has 0 aliphatic rings. The van der Waals surface area contributed by atoms with Crippen LogP contribution < -0.4 is 10.9 Å². The molecular weight excluding hydrogens is 226 g/mol. The first-order chi connectivity index (χ1) is 7.39. The van der Waals surface area contributed by atoms with Crippen molar-refractivity contribution >= 4 is 17.5 Å². The lowest BCUT2D eigenvalue weighted by Crippen LogP contribution is -2.44. The van der Waals surface area contributed by atoms with Gasteiger partial charge in [0.2, 0.25) is 11.2 Å². The maximum Gasteiger partial charge on any atom is 0.241 e. The minimum Gasteiger partial charge on any atom is -0.289 e. The topological polar surface area (TPSA) is 62.7 Å². The highest BCUT2D eigenvalue weighted by Gasteiger charge is 2.18. The third-order valence-corrected chi connectivity index (χ3v) is 2.16. The van der Waals surface area contributed by atoms with Crippen molar-refractivity contribution in [1.29, 1.82) is 0 Å². The zero-order valence-corrected chi connectivity index (χ0v) is 10.8. The summed E-state index contributed by atoms with van der Waals surface area (Å²) in [5, 5.41) is 0.181. The Kier molecular flexibility index (Phi) is 4.44. The zero-order valence-electron chi connectivity index (χ0n) is 10.1. The predicted molar refractivity (Wildman–Crippen MR) is 65.1 cm³/mol. The minimum absolute atomic E-state index is 0.0345. The fraction of sp³-hybridized carbons (Fsp3) is 0.700. The molecule has 0 aliphatic heterocycles. The van der Waals surface area contributed by atoms with Gasteiger partial charge in [-0.05, 0) is 37.8 Å². The number of hydrogen-bond acceptors (Lipinski definition) is 5. The van der Waals surface area contributed by atoms with Crippen molar-refractivity contribution in [2.45, 2.75) is 39.7 Å². The minimum atomic E-state index is -0.0345. The normalized spacial score (nSPS) is 11.9. The number of nitrogens with one attached hydrogen (secondary N) is 2. The Bertz CT molecular complexity index is 340. The highest BCUT2D eigenvalue weighted by molar-refractivity contribution is 6.28. The summed E-state index contributed by atoms with van der Waals surface area (Å²) in [6.45, 7) is 8.60. The van der Waals surface area contributed by atoms with Crippen LogP contribution in [0.5, 0.6) is 0 Å². The number of hydrazine groups is 1. The fourth-order valence-corrected chi connectivity index (χ4v) is 1.76. The van der Waals surface area contributed by atoms with E-state index in [4.69, 9.17) is 11.6 Å². The Morgan fingerprint density at radius 3 is 2.62 bits per heavy atom. The Morgan fingerprint density at radius 2 is 2.06 bits per heavy atom. The van der Waals surface area contributed by atoms with Gasteiger partial charge in [-0.3, -0.25) is 5.43 Å². The first-order valence-corrected chi connectivity index (χ1v) is 5.64. The van der Waals surface area contributed by atoms with E-state index < -0.39 is 0 Å². The van der Waals surface area contributed by atoms with E-state index >= 15 is 0 Å². The van der Waals surface area contributed by atoms with Crippen molar-refractivity contribution in [3.63, 3.8) is 0 Å². The van der Waals surface area contributed by atoms with Crippen LogP contribution in [0, 0.1) is 5.92 Å². The van der Waals surface area contributed by atoms with Gasteiger partial charge in [-0.1, -0.05) is 13.8 Å².